The molecule has 0 bridgehead atoms. The van der Waals surface area contributed by atoms with E-state index < -0.39 is 11.7 Å². The molecule has 1 fully saturated rings. The largest absolute Gasteiger partial charge is 0.491 e. The third-order valence-corrected chi connectivity index (χ3v) is 2.56. The molecule has 1 saturated heterocycles. The van der Waals surface area contributed by atoms with E-state index in [2.05, 4.69) is 5.32 Å². The lowest BCUT2D eigenvalue weighted by Gasteiger charge is -2.27. The van der Waals surface area contributed by atoms with Gasteiger partial charge in [-0.15, -0.1) is 0 Å². The normalized spacial score (nSPS) is 20.3. The fraction of sp³-hybridized carbons (Fsp3) is 0.455. The number of nitrogens with one attached hydrogen (secondary N) is 1. The smallest absolute Gasteiger partial charge is 0.419 e. The molecule has 1 aliphatic rings. The van der Waals surface area contributed by atoms with Crippen molar-refractivity contribution in [1.82, 2.24) is 5.32 Å². The second-order valence-electron chi connectivity index (χ2n) is 3.74. The molecule has 1 aliphatic heterocycles. The molecule has 0 spiro atoms. The molecule has 2 nitrogen and oxygen atoms in total. The molecule has 1 atom stereocenters. The van der Waals surface area contributed by atoms with Gasteiger partial charge < -0.3 is 10.1 Å². The highest BCUT2D eigenvalue weighted by molar-refractivity contribution is 5.35. The Bertz CT molecular complexity index is 360. The number of para-hydroxylation sites is 1. The van der Waals surface area contributed by atoms with Crippen LogP contribution in [0.3, 0.4) is 0 Å². The molecule has 1 aromatic rings. The summed E-state index contributed by atoms with van der Waals surface area (Å²) in [6.45, 7) is 1.20. The number of hydrogen-bond acceptors (Lipinski definition) is 2. The zero-order valence-corrected chi connectivity index (χ0v) is 8.55. The van der Waals surface area contributed by atoms with Crippen LogP contribution in [0.1, 0.15) is 12.0 Å². The fourth-order valence-corrected chi connectivity index (χ4v) is 1.51. The molecular weight excluding hydrogens is 219 g/mol. The third-order valence-electron chi connectivity index (χ3n) is 2.56. The minimum absolute atomic E-state index is 0.0938. The molecule has 88 valence electrons. The van der Waals surface area contributed by atoms with Gasteiger partial charge in [0.05, 0.1) is 5.56 Å². The Morgan fingerprint density at radius 3 is 2.56 bits per heavy atom. The highest BCUT2D eigenvalue weighted by atomic mass is 19.4. The Kier molecular flexibility index (Phi) is 3.05. The Labute approximate surface area is 91.4 Å². The predicted octanol–water partition coefficient (Wildman–Crippen LogP) is 2.45. The molecule has 16 heavy (non-hydrogen) atoms. The first-order valence-electron chi connectivity index (χ1n) is 5.10. The van der Waals surface area contributed by atoms with E-state index in [1.807, 2.05) is 0 Å². The number of alkyl halides is 3. The predicted molar refractivity (Wildman–Crippen MR) is 53.3 cm³/mol. The first-order valence-corrected chi connectivity index (χ1v) is 5.10. The van der Waals surface area contributed by atoms with Crippen molar-refractivity contribution in [3.8, 4) is 5.75 Å². The Morgan fingerprint density at radius 1 is 1.31 bits per heavy atom. The van der Waals surface area contributed by atoms with E-state index in [9.17, 15) is 13.2 Å². The average molecular weight is 231 g/mol. The van der Waals surface area contributed by atoms with Crippen LogP contribution in [-0.4, -0.2) is 19.2 Å². The van der Waals surface area contributed by atoms with E-state index >= 15 is 0 Å². The van der Waals surface area contributed by atoms with Crippen molar-refractivity contribution in [2.24, 2.45) is 0 Å². The second kappa shape index (κ2) is 4.33. The van der Waals surface area contributed by atoms with Crippen molar-refractivity contribution < 1.29 is 17.9 Å². The van der Waals surface area contributed by atoms with Crippen LogP contribution in [0.2, 0.25) is 0 Å². The maximum Gasteiger partial charge on any atom is 0.419 e. The number of benzene rings is 1. The molecular formula is C11H12F3NO. The van der Waals surface area contributed by atoms with E-state index in [4.69, 9.17) is 4.74 Å². The van der Waals surface area contributed by atoms with Crippen molar-refractivity contribution >= 4 is 0 Å². The zero-order chi connectivity index (χ0) is 11.6. The molecule has 1 unspecified atom stereocenters. The summed E-state index contributed by atoms with van der Waals surface area (Å²) in [4.78, 5) is 0. The van der Waals surface area contributed by atoms with Gasteiger partial charge in [0.15, 0.2) is 0 Å². The summed E-state index contributed by atoms with van der Waals surface area (Å²) in [6, 6.07) is 5.46. The van der Waals surface area contributed by atoms with Gasteiger partial charge in [0.1, 0.15) is 12.4 Å². The highest BCUT2D eigenvalue weighted by Gasteiger charge is 2.34. The molecule has 0 amide bonds. The lowest BCUT2D eigenvalue weighted by molar-refractivity contribution is -0.139. The van der Waals surface area contributed by atoms with Crippen LogP contribution in [0.25, 0.3) is 0 Å². The fourth-order valence-electron chi connectivity index (χ4n) is 1.51. The van der Waals surface area contributed by atoms with Crippen LogP contribution < -0.4 is 10.1 Å². The van der Waals surface area contributed by atoms with Crippen molar-refractivity contribution in [1.29, 1.82) is 0 Å². The van der Waals surface area contributed by atoms with Crippen LogP contribution in [0.5, 0.6) is 5.75 Å². The Hall–Kier alpha value is -1.23. The molecule has 1 aromatic carbocycles. The highest BCUT2D eigenvalue weighted by Crippen LogP contribution is 2.35. The second-order valence-corrected chi connectivity index (χ2v) is 3.74. The average Bonchev–Trinajstić information content (AvgIpc) is 2.14. The molecule has 1 heterocycles. The van der Waals surface area contributed by atoms with E-state index in [0.717, 1.165) is 19.0 Å². The number of halogens is 3. The summed E-state index contributed by atoms with van der Waals surface area (Å²) in [5.41, 5.74) is -0.714. The maximum atomic E-state index is 12.6. The topological polar surface area (TPSA) is 21.3 Å². The standard InChI is InChI=1S/C11H12F3NO/c12-11(13,14)9-3-1-2-4-10(9)16-7-8-5-6-15-8/h1-4,8,15H,5-7H2. The summed E-state index contributed by atoms with van der Waals surface area (Å²) in [5.74, 6) is -0.0938. The summed E-state index contributed by atoms with van der Waals surface area (Å²) in [7, 11) is 0. The van der Waals surface area contributed by atoms with Crippen molar-refractivity contribution in [3.63, 3.8) is 0 Å². The Balaban J connectivity index is 2.06. The van der Waals surface area contributed by atoms with Crippen LogP contribution >= 0.6 is 0 Å². The number of ether oxygens (including phenoxy) is 1. The molecule has 1 N–H and O–H groups in total. The van der Waals surface area contributed by atoms with Gasteiger partial charge in [0.25, 0.3) is 0 Å². The van der Waals surface area contributed by atoms with Crippen LogP contribution in [-0.2, 0) is 6.18 Å². The van der Waals surface area contributed by atoms with Crippen LogP contribution in [0, 0.1) is 0 Å². The van der Waals surface area contributed by atoms with Gasteiger partial charge in [-0.1, -0.05) is 12.1 Å². The van der Waals surface area contributed by atoms with Gasteiger partial charge in [-0.25, -0.2) is 0 Å². The van der Waals surface area contributed by atoms with E-state index in [1.54, 1.807) is 6.07 Å². The van der Waals surface area contributed by atoms with Crippen molar-refractivity contribution in [2.75, 3.05) is 13.2 Å². The summed E-state index contributed by atoms with van der Waals surface area (Å²) in [5, 5.41) is 3.07. The SMILES string of the molecule is FC(F)(F)c1ccccc1OCC1CCN1. The number of rotatable bonds is 3. The van der Waals surface area contributed by atoms with Gasteiger partial charge in [-0.3, -0.25) is 0 Å². The molecule has 5 heteroatoms. The minimum Gasteiger partial charge on any atom is -0.491 e. The van der Waals surface area contributed by atoms with E-state index in [0.29, 0.717) is 0 Å². The van der Waals surface area contributed by atoms with Crippen LogP contribution in [0.15, 0.2) is 24.3 Å². The summed E-state index contributed by atoms with van der Waals surface area (Å²) >= 11 is 0. The molecule has 0 aliphatic carbocycles. The first-order chi connectivity index (χ1) is 7.57. The molecule has 0 aromatic heterocycles. The third kappa shape index (κ3) is 2.47. The summed E-state index contributed by atoms with van der Waals surface area (Å²) < 4.78 is 42.9. The minimum atomic E-state index is -4.36. The summed E-state index contributed by atoms with van der Waals surface area (Å²) in [6.07, 6.45) is -3.40. The van der Waals surface area contributed by atoms with E-state index in [1.165, 1.54) is 12.1 Å². The molecule has 0 radical (unpaired) electrons. The lowest BCUT2D eigenvalue weighted by Crippen LogP contribution is -2.46. The van der Waals surface area contributed by atoms with Gasteiger partial charge in [0, 0.05) is 6.04 Å². The van der Waals surface area contributed by atoms with Gasteiger partial charge in [-0.05, 0) is 25.1 Å². The lowest BCUT2D eigenvalue weighted by atomic mass is 10.1. The van der Waals surface area contributed by atoms with Gasteiger partial charge in [0.2, 0.25) is 0 Å². The van der Waals surface area contributed by atoms with Gasteiger partial charge in [-0.2, -0.15) is 13.2 Å². The quantitative estimate of drug-likeness (QED) is 0.862. The van der Waals surface area contributed by atoms with E-state index in [-0.39, 0.29) is 18.4 Å². The first kappa shape index (κ1) is 11.3. The molecule has 0 saturated carbocycles. The number of hydrogen-bond donors (Lipinski definition) is 1. The Morgan fingerprint density at radius 2 is 2.00 bits per heavy atom. The zero-order valence-electron chi connectivity index (χ0n) is 8.55. The van der Waals surface area contributed by atoms with Crippen molar-refractivity contribution in [2.45, 2.75) is 18.6 Å². The maximum absolute atomic E-state index is 12.6. The van der Waals surface area contributed by atoms with Gasteiger partial charge >= 0.3 is 6.18 Å². The van der Waals surface area contributed by atoms with Crippen molar-refractivity contribution in [3.05, 3.63) is 29.8 Å². The molecule has 2 rings (SSSR count). The van der Waals surface area contributed by atoms with Crippen LogP contribution in [0.4, 0.5) is 13.2 Å². The monoisotopic (exact) mass is 231 g/mol.